The normalized spacial score (nSPS) is 12.9. The van der Waals surface area contributed by atoms with Gasteiger partial charge in [0.2, 0.25) is 0 Å². The van der Waals surface area contributed by atoms with E-state index in [1.165, 1.54) is 12.3 Å². The Kier molecular flexibility index (Phi) is 3.77. The molecule has 0 aliphatic carbocycles. The van der Waals surface area contributed by atoms with Crippen molar-refractivity contribution in [3.05, 3.63) is 53.9 Å². The van der Waals surface area contributed by atoms with Crippen LogP contribution in [0.3, 0.4) is 0 Å². The topological polar surface area (TPSA) is 43.8 Å². The van der Waals surface area contributed by atoms with Gasteiger partial charge in [-0.1, -0.05) is 13.8 Å². The molecule has 2 aromatic rings. The summed E-state index contributed by atoms with van der Waals surface area (Å²) in [4.78, 5) is 3.84. The van der Waals surface area contributed by atoms with Crippen LogP contribution < -0.4 is 5.73 Å². The molecule has 0 amide bonds. The maximum atomic E-state index is 13.0. The highest BCUT2D eigenvalue weighted by atomic mass is 19.1. The SMILES string of the molecule is CC(C)C(N)c1ccn(Cc2cncc(F)c2)c1. The van der Waals surface area contributed by atoms with Crippen molar-refractivity contribution in [1.82, 2.24) is 9.55 Å². The second-order valence-corrected chi connectivity index (χ2v) is 4.90. The Morgan fingerprint density at radius 1 is 1.39 bits per heavy atom. The molecular formula is C14H18FN3. The van der Waals surface area contributed by atoms with Crippen LogP contribution in [0.2, 0.25) is 0 Å². The van der Waals surface area contributed by atoms with Gasteiger partial charge >= 0.3 is 0 Å². The molecule has 1 unspecified atom stereocenters. The third kappa shape index (κ3) is 2.96. The Bertz CT molecular complexity index is 519. The Morgan fingerprint density at radius 3 is 2.83 bits per heavy atom. The first kappa shape index (κ1) is 12.8. The third-order valence-corrected chi connectivity index (χ3v) is 3.00. The summed E-state index contributed by atoms with van der Waals surface area (Å²) in [5.41, 5.74) is 8.03. The first-order valence-electron chi connectivity index (χ1n) is 6.07. The molecule has 3 nitrogen and oxygen atoms in total. The lowest BCUT2D eigenvalue weighted by atomic mass is 10.00. The molecule has 0 bridgehead atoms. The molecular weight excluding hydrogens is 229 g/mol. The average molecular weight is 247 g/mol. The van der Waals surface area contributed by atoms with E-state index in [1.807, 2.05) is 23.0 Å². The summed E-state index contributed by atoms with van der Waals surface area (Å²) >= 11 is 0. The molecule has 18 heavy (non-hydrogen) atoms. The maximum absolute atomic E-state index is 13.0. The summed E-state index contributed by atoms with van der Waals surface area (Å²) in [6, 6.07) is 3.55. The van der Waals surface area contributed by atoms with Crippen LogP contribution in [-0.4, -0.2) is 9.55 Å². The number of hydrogen-bond donors (Lipinski definition) is 1. The molecule has 2 rings (SSSR count). The van der Waals surface area contributed by atoms with Gasteiger partial charge in [0.05, 0.1) is 6.20 Å². The fourth-order valence-electron chi connectivity index (χ4n) is 1.89. The maximum Gasteiger partial charge on any atom is 0.141 e. The molecule has 0 saturated heterocycles. The predicted molar refractivity (Wildman–Crippen MR) is 69.5 cm³/mol. The van der Waals surface area contributed by atoms with Crippen molar-refractivity contribution >= 4 is 0 Å². The third-order valence-electron chi connectivity index (χ3n) is 3.00. The quantitative estimate of drug-likeness (QED) is 0.902. The molecule has 0 aliphatic heterocycles. The van der Waals surface area contributed by atoms with Crippen molar-refractivity contribution in [2.75, 3.05) is 0 Å². The van der Waals surface area contributed by atoms with Gasteiger partial charge in [-0.2, -0.15) is 0 Å². The van der Waals surface area contributed by atoms with Crippen LogP contribution in [0.25, 0.3) is 0 Å². The van der Waals surface area contributed by atoms with Crippen LogP contribution in [-0.2, 0) is 6.54 Å². The van der Waals surface area contributed by atoms with Gasteiger partial charge in [0, 0.05) is 31.2 Å². The largest absolute Gasteiger partial charge is 0.350 e. The van der Waals surface area contributed by atoms with Gasteiger partial charge < -0.3 is 10.3 Å². The number of aromatic nitrogens is 2. The number of nitrogens with zero attached hydrogens (tertiary/aromatic N) is 2. The predicted octanol–water partition coefficient (Wildman–Crippen LogP) is 2.73. The summed E-state index contributed by atoms with van der Waals surface area (Å²) in [6.07, 6.45) is 6.85. The summed E-state index contributed by atoms with van der Waals surface area (Å²) in [5.74, 6) is 0.0930. The lowest BCUT2D eigenvalue weighted by molar-refractivity contribution is 0.513. The molecule has 1 atom stereocenters. The minimum Gasteiger partial charge on any atom is -0.350 e. The van der Waals surface area contributed by atoms with Gasteiger partial charge in [0.15, 0.2) is 0 Å². The Morgan fingerprint density at radius 2 is 2.17 bits per heavy atom. The van der Waals surface area contributed by atoms with Crippen molar-refractivity contribution in [1.29, 1.82) is 0 Å². The number of halogens is 1. The zero-order valence-corrected chi connectivity index (χ0v) is 10.7. The number of hydrogen-bond acceptors (Lipinski definition) is 2. The first-order chi connectivity index (χ1) is 8.56. The molecule has 2 N–H and O–H groups in total. The zero-order chi connectivity index (χ0) is 13.1. The second-order valence-electron chi connectivity index (χ2n) is 4.90. The van der Waals surface area contributed by atoms with E-state index in [0.717, 1.165) is 11.1 Å². The molecule has 2 aromatic heterocycles. The van der Waals surface area contributed by atoms with Crippen LogP contribution in [0.4, 0.5) is 4.39 Å². The van der Waals surface area contributed by atoms with Crippen molar-refractivity contribution < 1.29 is 4.39 Å². The van der Waals surface area contributed by atoms with E-state index in [0.29, 0.717) is 12.5 Å². The highest BCUT2D eigenvalue weighted by Crippen LogP contribution is 2.19. The van der Waals surface area contributed by atoms with Crippen molar-refractivity contribution in [3.63, 3.8) is 0 Å². The molecule has 0 fully saturated rings. The van der Waals surface area contributed by atoms with E-state index in [1.54, 1.807) is 6.20 Å². The minimum atomic E-state index is -0.307. The molecule has 0 spiro atoms. The standard InChI is InChI=1S/C14H18FN3/c1-10(2)14(16)12-3-4-18(9-12)8-11-5-13(15)7-17-6-11/h3-7,9-10,14H,8,16H2,1-2H3. The molecule has 0 radical (unpaired) electrons. The molecule has 0 aliphatic rings. The molecule has 0 aromatic carbocycles. The monoisotopic (exact) mass is 247 g/mol. The molecule has 4 heteroatoms. The van der Waals surface area contributed by atoms with Crippen LogP contribution >= 0.6 is 0 Å². The zero-order valence-electron chi connectivity index (χ0n) is 10.7. The van der Waals surface area contributed by atoms with Gasteiger partial charge in [0.1, 0.15) is 5.82 Å². The molecule has 0 saturated carbocycles. The van der Waals surface area contributed by atoms with E-state index in [4.69, 9.17) is 5.73 Å². The second kappa shape index (κ2) is 5.31. The number of nitrogens with two attached hydrogens (primary N) is 1. The highest BCUT2D eigenvalue weighted by molar-refractivity contribution is 5.18. The molecule has 96 valence electrons. The van der Waals surface area contributed by atoms with Gasteiger partial charge in [-0.3, -0.25) is 4.98 Å². The Balaban J connectivity index is 2.11. The van der Waals surface area contributed by atoms with E-state index in [9.17, 15) is 4.39 Å². The minimum absolute atomic E-state index is 0.0388. The van der Waals surface area contributed by atoms with E-state index >= 15 is 0 Å². The Labute approximate surface area is 106 Å². The van der Waals surface area contributed by atoms with Crippen LogP contribution in [0.5, 0.6) is 0 Å². The Hall–Kier alpha value is -1.68. The van der Waals surface area contributed by atoms with E-state index < -0.39 is 0 Å². The van der Waals surface area contributed by atoms with Crippen molar-refractivity contribution in [2.45, 2.75) is 26.4 Å². The fourth-order valence-corrected chi connectivity index (χ4v) is 1.89. The van der Waals surface area contributed by atoms with Crippen molar-refractivity contribution in [2.24, 2.45) is 11.7 Å². The lowest BCUT2D eigenvalue weighted by Gasteiger charge is -2.13. The van der Waals surface area contributed by atoms with Gasteiger partial charge in [-0.15, -0.1) is 0 Å². The summed E-state index contributed by atoms with van der Waals surface area (Å²) < 4.78 is 15.0. The van der Waals surface area contributed by atoms with Crippen LogP contribution in [0, 0.1) is 11.7 Å². The number of rotatable bonds is 4. The smallest absolute Gasteiger partial charge is 0.141 e. The lowest BCUT2D eigenvalue weighted by Crippen LogP contribution is -2.15. The van der Waals surface area contributed by atoms with Gasteiger partial charge in [0.25, 0.3) is 0 Å². The summed E-state index contributed by atoms with van der Waals surface area (Å²) in [6.45, 7) is 4.80. The van der Waals surface area contributed by atoms with E-state index in [-0.39, 0.29) is 11.9 Å². The van der Waals surface area contributed by atoms with Gasteiger partial charge in [-0.05, 0) is 29.2 Å². The summed E-state index contributed by atoms with van der Waals surface area (Å²) in [5, 5.41) is 0. The summed E-state index contributed by atoms with van der Waals surface area (Å²) in [7, 11) is 0. The first-order valence-corrected chi connectivity index (χ1v) is 6.07. The average Bonchev–Trinajstić information content (AvgIpc) is 2.76. The number of pyridine rings is 1. The highest BCUT2D eigenvalue weighted by Gasteiger charge is 2.11. The van der Waals surface area contributed by atoms with Crippen LogP contribution in [0.15, 0.2) is 36.9 Å². The fraction of sp³-hybridized carbons (Fsp3) is 0.357. The van der Waals surface area contributed by atoms with Gasteiger partial charge in [-0.25, -0.2) is 4.39 Å². The van der Waals surface area contributed by atoms with Crippen LogP contribution in [0.1, 0.15) is 31.0 Å². The van der Waals surface area contributed by atoms with Crippen molar-refractivity contribution in [3.8, 4) is 0 Å². The molecule has 2 heterocycles. The van der Waals surface area contributed by atoms with E-state index in [2.05, 4.69) is 18.8 Å².